The molecule has 0 aliphatic heterocycles. The van der Waals surface area contributed by atoms with Gasteiger partial charge in [-0.05, 0) is 33.6 Å². The average molecular weight is 358 g/mol. The largest absolute Gasteiger partial charge is 0.407 e. The molecule has 3 rings (SSSR count). The van der Waals surface area contributed by atoms with Gasteiger partial charge in [0.05, 0.1) is 12.0 Å². The van der Waals surface area contributed by atoms with Crippen LogP contribution in [0.2, 0.25) is 0 Å². The molecule has 3 aromatic rings. The van der Waals surface area contributed by atoms with E-state index >= 15 is 0 Å². The maximum absolute atomic E-state index is 12.1. The van der Waals surface area contributed by atoms with Gasteiger partial charge in [-0.15, -0.1) is 5.10 Å². The maximum atomic E-state index is 12.1. The van der Waals surface area contributed by atoms with Gasteiger partial charge in [-0.2, -0.15) is 0 Å². The predicted octanol–water partition coefficient (Wildman–Crippen LogP) is 3.68. The molecule has 22 heavy (non-hydrogen) atoms. The lowest BCUT2D eigenvalue weighted by atomic mass is 10.2. The number of amides is 1. The van der Waals surface area contributed by atoms with Crippen LogP contribution < -0.4 is 5.32 Å². The highest BCUT2D eigenvalue weighted by atomic mass is 79.9. The third kappa shape index (κ3) is 3.40. The van der Waals surface area contributed by atoms with E-state index in [0.717, 1.165) is 5.56 Å². The van der Waals surface area contributed by atoms with Crippen LogP contribution in [-0.4, -0.2) is 16.1 Å². The summed E-state index contributed by atoms with van der Waals surface area (Å²) in [5.74, 6) is 0.149. The Hall–Kier alpha value is -2.47. The van der Waals surface area contributed by atoms with Gasteiger partial charge in [0.1, 0.15) is 0 Å². The summed E-state index contributed by atoms with van der Waals surface area (Å²) in [6.07, 6.45) is 0.527. The van der Waals surface area contributed by atoms with E-state index < -0.39 is 0 Å². The molecule has 0 unspecified atom stereocenters. The zero-order valence-electron chi connectivity index (χ0n) is 11.5. The number of anilines is 1. The lowest BCUT2D eigenvalue weighted by Crippen LogP contribution is -2.12. The number of aromatic nitrogens is 2. The third-order valence-electron chi connectivity index (χ3n) is 3.00. The third-order valence-corrected chi connectivity index (χ3v) is 3.70. The molecule has 0 bridgehead atoms. The van der Waals surface area contributed by atoms with Crippen LogP contribution in [0.25, 0.3) is 0 Å². The van der Waals surface area contributed by atoms with Crippen LogP contribution in [0.3, 0.4) is 0 Å². The summed E-state index contributed by atoms with van der Waals surface area (Å²) in [4.78, 5) is 12.1. The number of nitrogens with zero attached hydrogens (tertiary/aromatic N) is 2. The van der Waals surface area contributed by atoms with Gasteiger partial charge in [-0.1, -0.05) is 47.6 Å². The summed E-state index contributed by atoms with van der Waals surface area (Å²) in [5, 5.41) is 10.4. The minimum atomic E-state index is -0.303. The molecule has 1 heterocycles. The first-order valence-electron chi connectivity index (χ1n) is 6.64. The summed E-state index contributed by atoms with van der Waals surface area (Å²) in [7, 11) is 0. The van der Waals surface area contributed by atoms with Gasteiger partial charge >= 0.3 is 6.01 Å². The van der Waals surface area contributed by atoms with Gasteiger partial charge in [0.2, 0.25) is 5.89 Å². The summed E-state index contributed by atoms with van der Waals surface area (Å²) in [5.41, 5.74) is 1.57. The van der Waals surface area contributed by atoms with Gasteiger partial charge < -0.3 is 4.42 Å². The number of benzene rings is 2. The maximum Gasteiger partial charge on any atom is 0.322 e. The van der Waals surface area contributed by atoms with E-state index in [1.54, 1.807) is 18.2 Å². The SMILES string of the molecule is O=C(Nc1nnc(Cc2ccccc2)o1)c1ccccc1Br. The van der Waals surface area contributed by atoms with Crippen LogP contribution in [0.4, 0.5) is 6.01 Å². The van der Waals surface area contributed by atoms with E-state index in [9.17, 15) is 4.79 Å². The van der Waals surface area contributed by atoms with Crippen LogP contribution in [0, 0.1) is 0 Å². The molecule has 0 aliphatic rings. The first kappa shape index (κ1) is 14.5. The Balaban J connectivity index is 1.69. The van der Waals surface area contributed by atoms with Gasteiger partial charge in [0, 0.05) is 4.47 Å². The normalized spacial score (nSPS) is 10.4. The summed E-state index contributed by atoms with van der Waals surface area (Å²) >= 11 is 3.33. The van der Waals surface area contributed by atoms with Crippen molar-refractivity contribution in [3.05, 3.63) is 76.1 Å². The van der Waals surface area contributed by atoms with Crippen molar-refractivity contribution in [2.75, 3.05) is 5.32 Å². The Morgan fingerprint density at radius 3 is 2.55 bits per heavy atom. The Labute approximate surface area is 135 Å². The van der Waals surface area contributed by atoms with E-state index in [0.29, 0.717) is 22.3 Å². The molecule has 110 valence electrons. The van der Waals surface area contributed by atoms with Gasteiger partial charge in [-0.3, -0.25) is 10.1 Å². The highest BCUT2D eigenvalue weighted by Gasteiger charge is 2.13. The van der Waals surface area contributed by atoms with Crippen LogP contribution >= 0.6 is 15.9 Å². The first-order chi connectivity index (χ1) is 10.7. The number of hydrogen-bond donors (Lipinski definition) is 1. The number of hydrogen-bond acceptors (Lipinski definition) is 4. The fraction of sp³-hybridized carbons (Fsp3) is 0.0625. The summed E-state index contributed by atoms with van der Waals surface area (Å²) in [6, 6.07) is 17.0. The molecule has 0 fully saturated rings. The molecule has 5 nitrogen and oxygen atoms in total. The topological polar surface area (TPSA) is 68.0 Å². The molecule has 0 radical (unpaired) electrons. The average Bonchev–Trinajstić information content (AvgIpc) is 2.95. The molecule has 2 aromatic carbocycles. The molecule has 1 N–H and O–H groups in total. The Bertz CT molecular complexity index is 787. The Kier molecular flexibility index (Phi) is 4.29. The summed E-state index contributed by atoms with van der Waals surface area (Å²) in [6.45, 7) is 0. The molecule has 0 saturated heterocycles. The molecule has 1 aromatic heterocycles. The molecular formula is C16H12BrN3O2. The summed E-state index contributed by atoms with van der Waals surface area (Å²) < 4.78 is 6.16. The Morgan fingerprint density at radius 1 is 1.05 bits per heavy atom. The van der Waals surface area contributed by atoms with Crippen LogP contribution in [0.15, 0.2) is 63.5 Å². The molecular weight excluding hydrogens is 346 g/mol. The van der Waals surface area contributed by atoms with Crippen molar-refractivity contribution in [2.45, 2.75) is 6.42 Å². The van der Waals surface area contributed by atoms with Crippen molar-refractivity contribution < 1.29 is 9.21 Å². The highest BCUT2D eigenvalue weighted by molar-refractivity contribution is 9.10. The zero-order valence-corrected chi connectivity index (χ0v) is 13.1. The highest BCUT2D eigenvalue weighted by Crippen LogP contribution is 2.18. The van der Waals surface area contributed by atoms with Crippen molar-refractivity contribution in [3.63, 3.8) is 0 Å². The zero-order chi connectivity index (χ0) is 15.4. The molecule has 0 atom stereocenters. The molecule has 0 aliphatic carbocycles. The van der Waals surface area contributed by atoms with Crippen molar-refractivity contribution >= 4 is 27.9 Å². The number of rotatable bonds is 4. The van der Waals surface area contributed by atoms with Crippen LogP contribution in [0.1, 0.15) is 21.8 Å². The predicted molar refractivity (Wildman–Crippen MR) is 85.6 cm³/mol. The second kappa shape index (κ2) is 6.53. The van der Waals surface area contributed by atoms with E-state index in [4.69, 9.17) is 4.42 Å². The molecule has 0 spiro atoms. The van der Waals surface area contributed by atoms with Crippen LogP contribution in [-0.2, 0) is 6.42 Å². The fourth-order valence-corrected chi connectivity index (χ4v) is 2.42. The number of carbonyl (C=O) groups excluding carboxylic acids is 1. The van der Waals surface area contributed by atoms with Crippen molar-refractivity contribution in [3.8, 4) is 0 Å². The Morgan fingerprint density at radius 2 is 1.77 bits per heavy atom. The number of nitrogens with one attached hydrogen (secondary N) is 1. The first-order valence-corrected chi connectivity index (χ1v) is 7.44. The minimum absolute atomic E-state index is 0.0895. The fourth-order valence-electron chi connectivity index (χ4n) is 1.96. The van der Waals surface area contributed by atoms with Crippen LogP contribution in [0.5, 0.6) is 0 Å². The quantitative estimate of drug-likeness (QED) is 0.773. The molecule has 1 amide bonds. The van der Waals surface area contributed by atoms with E-state index in [1.165, 1.54) is 0 Å². The van der Waals surface area contributed by atoms with Gasteiger partial charge in [0.15, 0.2) is 0 Å². The van der Waals surface area contributed by atoms with Crippen molar-refractivity contribution in [1.82, 2.24) is 10.2 Å². The standard InChI is InChI=1S/C16H12BrN3O2/c17-13-9-5-4-8-12(13)15(21)18-16-20-19-14(22-16)10-11-6-2-1-3-7-11/h1-9H,10H2,(H,18,20,21). The number of halogens is 1. The lowest BCUT2D eigenvalue weighted by molar-refractivity contribution is 0.102. The van der Waals surface area contributed by atoms with Gasteiger partial charge in [-0.25, -0.2) is 0 Å². The number of carbonyl (C=O) groups is 1. The minimum Gasteiger partial charge on any atom is -0.407 e. The van der Waals surface area contributed by atoms with Crippen molar-refractivity contribution in [1.29, 1.82) is 0 Å². The van der Waals surface area contributed by atoms with Crippen molar-refractivity contribution in [2.24, 2.45) is 0 Å². The van der Waals surface area contributed by atoms with E-state index in [1.807, 2.05) is 36.4 Å². The molecule has 6 heteroatoms. The van der Waals surface area contributed by atoms with E-state index in [-0.39, 0.29) is 11.9 Å². The van der Waals surface area contributed by atoms with E-state index in [2.05, 4.69) is 31.4 Å². The second-order valence-electron chi connectivity index (χ2n) is 4.60. The monoisotopic (exact) mass is 357 g/mol. The smallest absolute Gasteiger partial charge is 0.322 e. The molecule has 0 saturated carbocycles. The second-order valence-corrected chi connectivity index (χ2v) is 5.45. The lowest BCUT2D eigenvalue weighted by Gasteiger charge is -2.02. The van der Waals surface area contributed by atoms with Gasteiger partial charge in [0.25, 0.3) is 5.91 Å².